The van der Waals surface area contributed by atoms with Gasteiger partial charge in [0.2, 0.25) is 11.8 Å². The van der Waals surface area contributed by atoms with E-state index in [4.69, 9.17) is 5.11 Å². The number of thiophene rings is 1. The summed E-state index contributed by atoms with van der Waals surface area (Å²) in [5.41, 5.74) is 0. The van der Waals surface area contributed by atoms with Gasteiger partial charge >= 0.3 is 5.97 Å². The van der Waals surface area contributed by atoms with Crippen molar-refractivity contribution in [3.05, 3.63) is 22.4 Å². The van der Waals surface area contributed by atoms with Crippen LogP contribution in [0.25, 0.3) is 0 Å². The average Bonchev–Trinajstić information content (AvgIpc) is 3.11. The molecule has 1 aromatic rings. The molecule has 2 amide bonds. The van der Waals surface area contributed by atoms with Gasteiger partial charge in [-0.15, -0.1) is 23.7 Å². The van der Waals surface area contributed by atoms with E-state index in [0.29, 0.717) is 26.1 Å². The number of halogens is 1. The molecule has 0 aliphatic carbocycles. The molecule has 0 radical (unpaired) electrons. The Hall–Kier alpha value is -1.64. The number of carbonyl (C=O) groups excluding carboxylic acids is 2. The number of carboxylic acids is 1. The quantitative estimate of drug-likeness (QED) is 0.685. The van der Waals surface area contributed by atoms with Crippen LogP contribution in [0.1, 0.15) is 24.6 Å². The van der Waals surface area contributed by atoms with Gasteiger partial charge in [0.1, 0.15) is 0 Å². The number of amides is 2. The Morgan fingerprint density at radius 2 is 2.19 bits per heavy atom. The second kappa shape index (κ2) is 11.2. The molecule has 1 aromatic heterocycles. The van der Waals surface area contributed by atoms with Crippen LogP contribution in [0, 0.1) is 5.92 Å². The first-order valence-corrected chi connectivity index (χ1v) is 9.39. The van der Waals surface area contributed by atoms with Crippen LogP contribution in [-0.4, -0.2) is 65.4 Å². The number of hydrogen-bond donors (Lipinski definition) is 2. The topological polar surface area (TPSA) is 90.0 Å². The number of aliphatic carboxylic acids is 1. The number of carbonyl (C=O) groups is 3. The summed E-state index contributed by atoms with van der Waals surface area (Å²) in [7, 11) is 0. The van der Waals surface area contributed by atoms with Gasteiger partial charge in [-0.3, -0.25) is 19.3 Å². The van der Waals surface area contributed by atoms with Gasteiger partial charge < -0.3 is 15.3 Å². The fraction of sp³-hybridized carbons (Fsp3) is 0.588. The van der Waals surface area contributed by atoms with Crippen LogP contribution in [0.2, 0.25) is 0 Å². The van der Waals surface area contributed by atoms with Crippen LogP contribution >= 0.6 is 23.7 Å². The fourth-order valence-corrected chi connectivity index (χ4v) is 3.54. The zero-order chi connectivity index (χ0) is 18.2. The van der Waals surface area contributed by atoms with Crippen LogP contribution in [0.3, 0.4) is 0 Å². The van der Waals surface area contributed by atoms with E-state index in [-0.39, 0.29) is 37.3 Å². The first kappa shape index (κ1) is 22.4. The first-order valence-electron chi connectivity index (χ1n) is 8.51. The molecule has 0 saturated carbocycles. The molecule has 1 aliphatic heterocycles. The lowest BCUT2D eigenvalue weighted by atomic mass is 9.98. The van der Waals surface area contributed by atoms with Gasteiger partial charge in [0.15, 0.2) is 0 Å². The third-order valence-electron chi connectivity index (χ3n) is 4.32. The third-order valence-corrected chi connectivity index (χ3v) is 5.20. The Bertz CT molecular complexity index is 597. The van der Waals surface area contributed by atoms with Gasteiger partial charge in [-0.05, 0) is 37.8 Å². The summed E-state index contributed by atoms with van der Waals surface area (Å²) in [6.45, 7) is 4.05. The average molecular weight is 404 g/mol. The largest absolute Gasteiger partial charge is 0.481 e. The van der Waals surface area contributed by atoms with E-state index in [1.165, 1.54) is 4.90 Å². The van der Waals surface area contributed by atoms with E-state index in [1.54, 1.807) is 11.3 Å². The molecule has 1 saturated heterocycles. The number of rotatable bonds is 8. The normalized spacial score (nSPS) is 17.2. The summed E-state index contributed by atoms with van der Waals surface area (Å²) in [4.78, 5) is 40.1. The third kappa shape index (κ3) is 6.93. The zero-order valence-electron chi connectivity index (χ0n) is 14.8. The highest BCUT2D eigenvalue weighted by atomic mass is 35.5. The lowest BCUT2D eigenvalue weighted by Gasteiger charge is -2.31. The van der Waals surface area contributed by atoms with Gasteiger partial charge in [0.25, 0.3) is 0 Å². The Balaban J connectivity index is 0.00000338. The van der Waals surface area contributed by atoms with Crippen molar-refractivity contribution in [2.24, 2.45) is 5.92 Å². The lowest BCUT2D eigenvalue weighted by Crippen LogP contribution is -2.47. The molecule has 0 spiro atoms. The second-order valence-corrected chi connectivity index (χ2v) is 7.21. The minimum atomic E-state index is -0.808. The van der Waals surface area contributed by atoms with E-state index in [9.17, 15) is 14.4 Å². The monoisotopic (exact) mass is 403 g/mol. The predicted octanol–water partition coefficient (Wildman–Crippen LogP) is 1.43. The van der Waals surface area contributed by atoms with Crippen LogP contribution < -0.4 is 5.32 Å². The molecule has 1 unspecified atom stereocenters. The minimum Gasteiger partial charge on any atom is -0.481 e. The molecule has 7 nitrogen and oxygen atoms in total. The maximum atomic E-state index is 12.4. The fourth-order valence-electron chi connectivity index (χ4n) is 2.90. The molecular formula is C17H26ClN3O4S. The van der Waals surface area contributed by atoms with Crippen molar-refractivity contribution >= 4 is 41.5 Å². The number of likely N-dealkylation sites (tertiary alicyclic amines) is 1. The number of nitrogens with zero attached hydrogens (tertiary/aromatic N) is 2. The maximum absolute atomic E-state index is 12.4. The van der Waals surface area contributed by atoms with Gasteiger partial charge in [-0.25, -0.2) is 0 Å². The van der Waals surface area contributed by atoms with E-state index in [1.807, 2.05) is 29.3 Å². The summed E-state index contributed by atoms with van der Waals surface area (Å²) in [6.07, 6.45) is 1.43. The molecule has 1 atom stereocenters. The minimum absolute atomic E-state index is 0. The highest BCUT2D eigenvalue weighted by molar-refractivity contribution is 7.09. The van der Waals surface area contributed by atoms with E-state index < -0.39 is 11.9 Å². The van der Waals surface area contributed by atoms with Crippen molar-refractivity contribution in [3.63, 3.8) is 0 Å². The van der Waals surface area contributed by atoms with Crippen molar-refractivity contribution in [1.82, 2.24) is 15.1 Å². The first-order chi connectivity index (χ1) is 12.0. The SMILES string of the molecule is CCN(CC(=O)NCc1cccs1)C(=O)CN1CCCC(C(=O)O)C1.Cl. The summed E-state index contributed by atoms with van der Waals surface area (Å²) >= 11 is 1.57. The molecule has 2 rings (SSSR count). The highest BCUT2D eigenvalue weighted by Gasteiger charge is 2.27. The van der Waals surface area contributed by atoms with Crippen LogP contribution in [0.15, 0.2) is 17.5 Å². The van der Waals surface area contributed by atoms with Crippen LogP contribution in [-0.2, 0) is 20.9 Å². The standard InChI is InChI=1S/C17H25N3O4S.ClH/c1-2-20(11-15(21)18-9-14-6-4-8-25-14)16(22)12-19-7-3-5-13(10-19)17(23)24;/h4,6,8,13H,2-3,5,7,9-12H2,1H3,(H,18,21)(H,23,24);1H. The van der Waals surface area contributed by atoms with Crippen LogP contribution in [0.5, 0.6) is 0 Å². The molecule has 1 fully saturated rings. The van der Waals surface area contributed by atoms with Gasteiger partial charge in [0, 0.05) is 18.0 Å². The number of nitrogens with one attached hydrogen (secondary N) is 1. The number of piperidine rings is 1. The molecule has 1 aliphatic rings. The second-order valence-electron chi connectivity index (χ2n) is 6.18. The Morgan fingerprint density at radius 3 is 2.81 bits per heavy atom. The van der Waals surface area contributed by atoms with Crippen molar-refractivity contribution in [2.45, 2.75) is 26.3 Å². The van der Waals surface area contributed by atoms with E-state index >= 15 is 0 Å². The lowest BCUT2D eigenvalue weighted by molar-refractivity contribution is -0.145. The number of carboxylic acid groups (broad SMARTS) is 1. The highest BCUT2D eigenvalue weighted by Crippen LogP contribution is 2.16. The molecule has 2 N–H and O–H groups in total. The predicted molar refractivity (Wildman–Crippen MR) is 102 cm³/mol. The van der Waals surface area contributed by atoms with Crippen molar-refractivity contribution in [1.29, 1.82) is 0 Å². The summed E-state index contributed by atoms with van der Waals surface area (Å²) in [5, 5.41) is 13.9. The van der Waals surface area contributed by atoms with Gasteiger partial charge in [0.05, 0.1) is 25.6 Å². The van der Waals surface area contributed by atoms with Gasteiger partial charge in [-0.2, -0.15) is 0 Å². The molecule has 146 valence electrons. The molecule has 26 heavy (non-hydrogen) atoms. The van der Waals surface area contributed by atoms with Crippen molar-refractivity contribution < 1.29 is 19.5 Å². The molecule has 9 heteroatoms. The Morgan fingerprint density at radius 1 is 1.42 bits per heavy atom. The molecule has 2 heterocycles. The van der Waals surface area contributed by atoms with Crippen molar-refractivity contribution in [2.75, 3.05) is 32.7 Å². The summed E-state index contributed by atoms with van der Waals surface area (Å²) in [6, 6.07) is 3.87. The van der Waals surface area contributed by atoms with Gasteiger partial charge in [-0.1, -0.05) is 6.07 Å². The molecule has 0 bridgehead atoms. The van der Waals surface area contributed by atoms with Crippen molar-refractivity contribution in [3.8, 4) is 0 Å². The maximum Gasteiger partial charge on any atom is 0.307 e. The van der Waals surface area contributed by atoms with E-state index in [0.717, 1.165) is 17.8 Å². The smallest absolute Gasteiger partial charge is 0.307 e. The zero-order valence-corrected chi connectivity index (χ0v) is 16.5. The Kier molecular flexibility index (Phi) is 9.61. The number of likely N-dealkylation sites (N-methyl/N-ethyl adjacent to an activating group) is 1. The Labute approximate surface area is 163 Å². The number of hydrogen-bond acceptors (Lipinski definition) is 5. The van der Waals surface area contributed by atoms with Crippen LogP contribution in [0.4, 0.5) is 0 Å². The molecular weight excluding hydrogens is 378 g/mol. The summed E-state index contributed by atoms with van der Waals surface area (Å²) in [5.74, 6) is -1.55. The summed E-state index contributed by atoms with van der Waals surface area (Å²) < 4.78 is 0. The molecule has 0 aromatic carbocycles. The van der Waals surface area contributed by atoms with E-state index in [2.05, 4.69) is 5.32 Å².